The van der Waals surface area contributed by atoms with Crippen molar-refractivity contribution in [3.8, 4) is 0 Å². The fraction of sp³-hybridized carbons (Fsp3) is 0.421. The lowest BCUT2D eigenvalue weighted by atomic mass is 9.96. The summed E-state index contributed by atoms with van der Waals surface area (Å²) < 4.78 is 0. The van der Waals surface area contributed by atoms with Gasteiger partial charge in [-0.1, -0.05) is 30.3 Å². The summed E-state index contributed by atoms with van der Waals surface area (Å²) in [7, 11) is 0. The van der Waals surface area contributed by atoms with Crippen LogP contribution in [0.25, 0.3) is 0 Å². The average molecular weight is 356 g/mol. The van der Waals surface area contributed by atoms with Crippen LogP contribution in [0.5, 0.6) is 0 Å². The van der Waals surface area contributed by atoms with Crippen molar-refractivity contribution in [2.24, 2.45) is 5.92 Å². The van der Waals surface area contributed by atoms with Gasteiger partial charge in [0.05, 0.1) is 11.8 Å². The highest BCUT2D eigenvalue weighted by Crippen LogP contribution is 2.18. The molecule has 2 heterocycles. The number of likely N-dealkylation sites (tertiary alicyclic amines) is 1. The van der Waals surface area contributed by atoms with Crippen molar-refractivity contribution in [1.29, 1.82) is 0 Å². The molecule has 3 rings (SSSR count). The Hall–Kier alpha value is -2.67. The quantitative estimate of drug-likeness (QED) is 0.719. The Balaban J connectivity index is 1.41. The second-order valence-corrected chi connectivity index (χ2v) is 6.67. The third-order valence-corrected chi connectivity index (χ3v) is 4.79. The topological polar surface area (TPSA) is 98.3 Å². The number of aromatic amines is 1. The molecule has 7 heteroatoms. The third-order valence-electron chi connectivity index (χ3n) is 4.79. The molecule has 0 spiro atoms. The molecule has 2 aromatic rings. The SMILES string of the molecule is O=C(NCC1CCN(C(=O)C(O)Cc2ccccc2)CC1)c1cn[nH]c1. The maximum Gasteiger partial charge on any atom is 0.254 e. The largest absolute Gasteiger partial charge is 0.383 e. The predicted molar refractivity (Wildman–Crippen MR) is 96.4 cm³/mol. The fourth-order valence-electron chi connectivity index (χ4n) is 3.21. The van der Waals surface area contributed by atoms with E-state index in [4.69, 9.17) is 0 Å². The molecule has 1 atom stereocenters. The zero-order valence-corrected chi connectivity index (χ0v) is 14.6. The Morgan fingerprint density at radius 1 is 1.27 bits per heavy atom. The number of hydrogen-bond donors (Lipinski definition) is 3. The predicted octanol–water partition coefficient (Wildman–Crippen LogP) is 0.982. The number of amides is 2. The van der Waals surface area contributed by atoms with Crippen molar-refractivity contribution in [3.05, 3.63) is 53.9 Å². The first kappa shape index (κ1) is 18.1. The van der Waals surface area contributed by atoms with Crippen LogP contribution in [0.2, 0.25) is 0 Å². The van der Waals surface area contributed by atoms with Gasteiger partial charge in [-0.2, -0.15) is 5.10 Å². The van der Waals surface area contributed by atoms with Gasteiger partial charge in [-0.05, 0) is 24.3 Å². The minimum Gasteiger partial charge on any atom is -0.383 e. The number of carbonyl (C=O) groups excluding carboxylic acids is 2. The van der Waals surface area contributed by atoms with E-state index in [0.717, 1.165) is 18.4 Å². The van der Waals surface area contributed by atoms with Crippen LogP contribution < -0.4 is 5.32 Å². The van der Waals surface area contributed by atoms with Crippen LogP contribution in [0, 0.1) is 5.92 Å². The number of carbonyl (C=O) groups is 2. The summed E-state index contributed by atoms with van der Waals surface area (Å²) in [5, 5.41) is 19.5. The van der Waals surface area contributed by atoms with E-state index >= 15 is 0 Å². The molecule has 0 bridgehead atoms. The smallest absolute Gasteiger partial charge is 0.254 e. The van der Waals surface area contributed by atoms with Crippen LogP contribution in [0.3, 0.4) is 0 Å². The molecule has 1 aromatic heterocycles. The number of hydrogen-bond acceptors (Lipinski definition) is 4. The summed E-state index contributed by atoms with van der Waals surface area (Å²) in [5.41, 5.74) is 1.46. The number of nitrogens with zero attached hydrogens (tertiary/aromatic N) is 2. The molecule has 3 N–H and O–H groups in total. The fourth-order valence-corrected chi connectivity index (χ4v) is 3.21. The van der Waals surface area contributed by atoms with Crippen molar-refractivity contribution in [2.45, 2.75) is 25.4 Å². The highest BCUT2D eigenvalue weighted by atomic mass is 16.3. The highest BCUT2D eigenvalue weighted by molar-refractivity contribution is 5.93. The minimum atomic E-state index is -1.00. The summed E-state index contributed by atoms with van der Waals surface area (Å²) in [6.45, 7) is 1.80. The second-order valence-electron chi connectivity index (χ2n) is 6.67. The first-order valence-corrected chi connectivity index (χ1v) is 8.91. The van der Waals surface area contributed by atoms with E-state index in [0.29, 0.717) is 37.5 Å². The summed E-state index contributed by atoms with van der Waals surface area (Å²) in [5.74, 6) is -0.0218. The van der Waals surface area contributed by atoms with E-state index in [9.17, 15) is 14.7 Å². The van der Waals surface area contributed by atoms with Gasteiger partial charge in [0, 0.05) is 32.3 Å². The van der Waals surface area contributed by atoms with E-state index in [1.165, 1.54) is 6.20 Å². The highest BCUT2D eigenvalue weighted by Gasteiger charge is 2.27. The molecule has 1 saturated heterocycles. The van der Waals surface area contributed by atoms with E-state index < -0.39 is 6.10 Å². The van der Waals surface area contributed by atoms with Crippen LogP contribution in [0.4, 0.5) is 0 Å². The Morgan fingerprint density at radius 3 is 2.65 bits per heavy atom. The second kappa shape index (κ2) is 8.62. The normalized spacial score (nSPS) is 16.3. The van der Waals surface area contributed by atoms with E-state index in [2.05, 4.69) is 15.5 Å². The lowest BCUT2D eigenvalue weighted by Gasteiger charge is -2.33. The van der Waals surface area contributed by atoms with Crippen molar-refractivity contribution in [3.63, 3.8) is 0 Å². The minimum absolute atomic E-state index is 0.143. The molecule has 1 aliphatic rings. The van der Waals surface area contributed by atoms with Gasteiger partial charge in [-0.15, -0.1) is 0 Å². The maximum absolute atomic E-state index is 12.4. The lowest BCUT2D eigenvalue weighted by Crippen LogP contribution is -2.46. The average Bonchev–Trinajstić information content (AvgIpc) is 3.21. The number of piperidine rings is 1. The van der Waals surface area contributed by atoms with Gasteiger partial charge in [0.25, 0.3) is 11.8 Å². The molecule has 7 nitrogen and oxygen atoms in total. The van der Waals surface area contributed by atoms with Crippen LogP contribution in [-0.4, -0.2) is 57.8 Å². The first-order chi connectivity index (χ1) is 12.6. The summed E-state index contributed by atoms with van der Waals surface area (Å²) >= 11 is 0. The van der Waals surface area contributed by atoms with E-state index in [1.807, 2.05) is 30.3 Å². The zero-order valence-electron chi connectivity index (χ0n) is 14.6. The van der Waals surface area contributed by atoms with Gasteiger partial charge in [-0.25, -0.2) is 0 Å². The molecule has 138 valence electrons. The number of aliphatic hydroxyl groups is 1. The first-order valence-electron chi connectivity index (χ1n) is 8.91. The standard InChI is InChI=1S/C19H24N4O3/c24-17(10-14-4-2-1-3-5-14)19(26)23-8-6-15(7-9-23)11-20-18(25)16-12-21-22-13-16/h1-5,12-13,15,17,24H,6-11H2,(H,20,25)(H,21,22). The molecule has 26 heavy (non-hydrogen) atoms. The van der Waals surface area contributed by atoms with Gasteiger partial charge >= 0.3 is 0 Å². The maximum atomic E-state index is 12.4. The summed E-state index contributed by atoms with van der Waals surface area (Å²) in [6.07, 6.45) is 4.01. The molecule has 1 aromatic carbocycles. The Labute approximate surface area is 152 Å². The van der Waals surface area contributed by atoms with Gasteiger partial charge in [0.2, 0.25) is 0 Å². The number of aromatic nitrogens is 2. The molecule has 1 unspecified atom stereocenters. The zero-order chi connectivity index (χ0) is 18.4. The van der Waals surface area contributed by atoms with Gasteiger partial charge in [-0.3, -0.25) is 14.7 Å². The number of aliphatic hydroxyl groups excluding tert-OH is 1. The van der Waals surface area contributed by atoms with Gasteiger partial charge in [0.15, 0.2) is 0 Å². The molecule has 0 aliphatic carbocycles. The van der Waals surface area contributed by atoms with E-state index in [-0.39, 0.29) is 11.8 Å². The molecule has 1 aliphatic heterocycles. The molecule has 2 amide bonds. The van der Waals surface area contributed by atoms with Crippen LogP contribution in [-0.2, 0) is 11.2 Å². The number of benzene rings is 1. The van der Waals surface area contributed by atoms with Crippen LogP contribution in [0.15, 0.2) is 42.7 Å². The monoisotopic (exact) mass is 356 g/mol. The van der Waals surface area contributed by atoms with Crippen LogP contribution >= 0.6 is 0 Å². The van der Waals surface area contributed by atoms with Gasteiger partial charge < -0.3 is 15.3 Å². The Kier molecular flexibility index (Phi) is 6.01. The molecule has 1 fully saturated rings. The Bertz CT molecular complexity index is 710. The summed E-state index contributed by atoms with van der Waals surface area (Å²) in [6, 6.07) is 9.52. The van der Waals surface area contributed by atoms with Crippen molar-refractivity contribution in [2.75, 3.05) is 19.6 Å². The number of rotatable bonds is 6. The number of nitrogens with one attached hydrogen (secondary N) is 2. The third kappa shape index (κ3) is 4.70. The molecular formula is C19H24N4O3. The molecular weight excluding hydrogens is 332 g/mol. The molecule has 0 radical (unpaired) electrons. The van der Waals surface area contributed by atoms with Crippen molar-refractivity contribution < 1.29 is 14.7 Å². The Morgan fingerprint density at radius 2 is 2.00 bits per heavy atom. The van der Waals surface area contributed by atoms with Crippen molar-refractivity contribution in [1.82, 2.24) is 20.4 Å². The summed E-state index contributed by atoms with van der Waals surface area (Å²) in [4.78, 5) is 26.1. The van der Waals surface area contributed by atoms with Crippen LogP contribution in [0.1, 0.15) is 28.8 Å². The number of H-pyrrole nitrogens is 1. The van der Waals surface area contributed by atoms with Gasteiger partial charge in [0.1, 0.15) is 6.10 Å². The molecule has 0 saturated carbocycles. The lowest BCUT2D eigenvalue weighted by molar-refractivity contribution is -0.141. The van der Waals surface area contributed by atoms with Crippen molar-refractivity contribution >= 4 is 11.8 Å². The van der Waals surface area contributed by atoms with E-state index in [1.54, 1.807) is 11.1 Å².